The van der Waals surface area contributed by atoms with Crippen molar-refractivity contribution in [3.8, 4) is 0 Å². The highest BCUT2D eigenvalue weighted by molar-refractivity contribution is 8.14. The Labute approximate surface area is 127 Å². The van der Waals surface area contributed by atoms with Crippen LogP contribution in [0.5, 0.6) is 0 Å². The van der Waals surface area contributed by atoms with Gasteiger partial charge in [-0.1, -0.05) is 30.3 Å². The Morgan fingerprint density at radius 3 is 2.90 bits per heavy atom. The van der Waals surface area contributed by atoms with Gasteiger partial charge in [-0.15, -0.1) is 11.8 Å². The summed E-state index contributed by atoms with van der Waals surface area (Å²) in [5.41, 5.74) is 3.37. The van der Waals surface area contributed by atoms with E-state index in [4.69, 9.17) is 4.99 Å². The van der Waals surface area contributed by atoms with Gasteiger partial charge in [-0.05, 0) is 30.2 Å². The second-order valence-electron chi connectivity index (χ2n) is 5.21. The highest BCUT2D eigenvalue weighted by Crippen LogP contribution is 2.26. The van der Waals surface area contributed by atoms with Crippen LogP contribution in [0.2, 0.25) is 0 Å². The molecule has 21 heavy (non-hydrogen) atoms. The van der Waals surface area contributed by atoms with Crippen molar-refractivity contribution >= 4 is 27.8 Å². The largest absolute Gasteiger partial charge is 0.338 e. The molecule has 0 saturated heterocycles. The minimum absolute atomic E-state index is 0.367. The first kappa shape index (κ1) is 12.7. The number of fused-ring (bicyclic) bond motifs is 1. The fraction of sp³-hybridized carbons (Fsp3) is 0.176. The zero-order valence-electron chi connectivity index (χ0n) is 11.5. The van der Waals surface area contributed by atoms with Crippen molar-refractivity contribution in [2.45, 2.75) is 12.5 Å². The normalized spacial score (nSPS) is 18.1. The predicted molar refractivity (Wildman–Crippen MR) is 89.0 cm³/mol. The van der Waals surface area contributed by atoms with Gasteiger partial charge in [0.15, 0.2) is 0 Å². The van der Waals surface area contributed by atoms with Gasteiger partial charge in [-0.3, -0.25) is 4.99 Å². The van der Waals surface area contributed by atoms with Gasteiger partial charge in [0.25, 0.3) is 0 Å². The van der Waals surface area contributed by atoms with Gasteiger partial charge in [0.1, 0.15) is 10.7 Å². The zero-order valence-corrected chi connectivity index (χ0v) is 12.3. The minimum Gasteiger partial charge on any atom is -0.338 e. The number of hydrogen-bond acceptors (Lipinski definition) is 3. The number of nitrogens with one attached hydrogen (secondary N) is 1. The molecule has 0 saturated carbocycles. The summed E-state index contributed by atoms with van der Waals surface area (Å²) < 4.78 is 0. The number of rotatable bonds is 3. The second kappa shape index (κ2) is 5.37. The van der Waals surface area contributed by atoms with Gasteiger partial charge < -0.3 is 4.98 Å². The van der Waals surface area contributed by atoms with E-state index in [1.165, 1.54) is 5.56 Å². The first-order valence-corrected chi connectivity index (χ1v) is 8.06. The standard InChI is InChI=1S/C17H15N3S/c1-2-5-12(6-3-1)9-14-11-21-17(19-14)15-10-13-7-4-8-18-16(13)20-15/h1-8,10,14H,9,11H2,(H,18,20). The van der Waals surface area contributed by atoms with Crippen molar-refractivity contribution in [2.75, 3.05) is 5.75 Å². The van der Waals surface area contributed by atoms with E-state index in [1.54, 1.807) is 0 Å². The van der Waals surface area contributed by atoms with Crippen LogP contribution in [-0.2, 0) is 6.42 Å². The van der Waals surface area contributed by atoms with Crippen LogP contribution in [-0.4, -0.2) is 26.8 Å². The highest BCUT2D eigenvalue weighted by atomic mass is 32.2. The second-order valence-corrected chi connectivity index (χ2v) is 6.22. The third kappa shape index (κ3) is 2.59. The Morgan fingerprint density at radius 1 is 1.14 bits per heavy atom. The molecule has 1 aliphatic rings. The van der Waals surface area contributed by atoms with Gasteiger partial charge in [0.2, 0.25) is 0 Å². The molecule has 2 aromatic heterocycles. The van der Waals surface area contributed by atoms with E-state index in [0.717, 1.165) is 33.9 Å². The smallest absolute Gasteiger partial charge is 0.137 e. The van der Waals surface area contributed by atoms with Crippen molar-refractivity contribution in [2.24, 2.45) is 4.99 Å². The molecule has 3 nitrogen and oxygen atoms in total. The van der Waals surface area contributed by atoms with Gasteiger partial charge in [0, 0.05) is 17.3 Å². The molecule has 0 radical (unpaired) electrons. The first-order valence-electron chi connectivity index (χ1n) is 7.07. The molecule has 0 bridgehead atoms. The summed E-state index contributed by atoms with van der Waals surface area (Å²) in [5.74, 6) is 1.05. The van der Waals surface area contributed by atoms with Crippen molar-refractivity contribution < 1.29 is 0 Å². The van der Waals surface area contributed by atoms with Crippen LogP contribution >= 0.6 is 11.8 Å². The topological polar surface area (TPSA) is 41.0 Å². The minimum atomic E-state index is 0.367. The number of thioether (sulfide) groups is 1. The van der Waals surface area contributed by atoms with Crippen LogP contribution in [0, 0.1) is 0 Å². The van der Waals surface area contributed by atoms with Crippen molar-refractivity contribution in [3.63, 3.8) is 0 Å². The van der Waals surface area contributed by atoms with Crippen LogP contribution in [0.3, 0.4) is 0 Å². The monoisotopic (exact) mass is 293 g/mol. The third-order valence-electron chi connectivity index (χ3n) is 3.65. The van der Waals surface area contributed by atoms with Crippen molar-refractivity contribution in [1.82, 2.24) is 9.97 Å². The molecule has 1 unspecified atom stereocenters. The molecule has 4 heteroatoms. The Kier molecular flexibility index (Phi) is 3.24. The Bertz CT molecular complexity index is 759. The summed E-state index contributed by atoms with van der Waals surface area (Å²) in [7, 11) is 0. The predicted octanol–water partition coefficient (Wildman–Crippen LogP) is 3.67. The molecule has 104 valence electrons. The molecule has 1 aromatic carbocycles. The third-order valence-corrected chi connectivity index (χ3v) is 4.80. The van der Waals surface area contributed by atoms with E-state index in [1.807, 2.05) is 24.0 Å². The van der Waals surface area contributed by atoms with Gasteiger partial charge in [-0.2, -0.15) is 0 Å². The molecule has 1 N–H and O–H groups in total. The lowest BCUT2D eigenvalue weighted by Gasteiger charge is -2.04. The Hall–Kier alpha value is -2.07. The number of aliphatic imine (C=N–C) groups is 1. The van der Waals surface area contributed by atoms with E-state index in [0.29, 0.717) is 6.04 Å². The summed E-state index contributed by atoms with van der Waals surface area (Å²) >= 11 is 1.83. The molecule has 3 heterocycles. The van der Waals surface area contributed by atoms with Crippen molar-refractivity contribution in [1.29, 1.82) is 0 Å². The van der Waals surface area contributed by atoms with Crippen LogP contribution in [0.25, 0.3) is 11.0 Å². The molecule has 0 fully saturated rings. The number of H-pyrrole nitrogens is 1. The molecule has 4 rings (SSSR count). The number of pyridine rings is 1. The van der Waals surface area contributed by atoms with Gasteiger partial charge in [-0.25, -0.2) is 4.98 Å². The Balaban J connectivity index is 1.57. The average molecular weight is 293 g/mol. The number of aromatic nitrogens is 2. The molecule has 0 amide bonds. The molecular formula is C17H15N3S. The molecule has 0 spiro atoms. The van der Waals surface area contributed by atoms with Crippen LogP contribution in [0.15, 0.2) is 59.7 Å². The maximum Gasteiger partial charge on any atom is 0.137 e. The van der Waals surface area contributed by atoms with Crippen LogP contribution in [0.4, 0.5) is 0 Å². The van der Waals surface area contributed by atoms with Gasteiger partial charge >= 0.3 is 0 Å². The van der Waals surface area contributed by atoms with E-state index in [9.17, 15) is 0 Å². The highest BCUT2D eigenvalue weighted by Gasteiger charge is 2.21. The quantitative estimate of drug-likeness (QED) is 0.800. The molecule has 1 atom stereocenters. The average Bonchev–Trinajstić information content (AvgIpc) is 3.14. The van der Waals surface area contributed by atoms with Crippen molar-refractivity contribution in [3.05, 3.63) is 66.0 Å². The number of benzene rings is 1. The summed E-state index contributed by atoms with van der Waals surface area (Å²) in [4.78, 5) is 12.6. The number of hydrogen-bond donors (Lipinski definition) is 1. The van der Waals surface area contributed by atoms with E-state index in [-0.39, 0.29) is 0 Å². The van der Waals surface area contributed by atoms with E-state index >= 15 is 0 Å². The maximum atomic E-state index is 4.87. The Morgan fingerprint density at radius 2 is 2.05 bits per heavy atom. The van der Waals surface area contributed by atoms with Gasteiger partial charge in [0.05, 0.1) is 11.7 Å². The van der Waals surface area contributed by atoms with E-state index < -0.39 is 0 Å². The lowest BCUT2D eigenvalue weighted by atomic mass is 10.1. The summed E-state index contributed by atoms with van der Waals surface area (Å²) in [6.45, 7) is 0. The first-order chi connectivity index (χ1) is 10.4. The SMILES string of the molecule is c1ccc(CC2CSC(c3cc4cccnc4[nH]3)=N2)cc1. The fourth-order valence-corrected chi connectivity index (χ4v) is 3.66. The summed E-state index contributed by atoms with van der Waals surface area (Å²) in [5, 5.41) is 2.25. The van der Waals surface area contributed by atoms with Crippen LogP contribution < -0.4 is 0 Å². The lowest BCUT2D eigenvalue weighted by molar-refractivity contribution is 0.762. The van der Waals surface area contributed by atoms with Crippen LogP contribution in [0.1, 0.15) is 11.3 Å². The number of nitrogens with zero attached hydrogens (tertiary/aromatic N) is 2. The lowest BCUT2D eigenvalue weighted by Crippen LogP contribution is -2.07. The molecule has 3 aromatic rings. The summed E-state index contributed by atoms with van der Waals surface area (Å²) in [6.07, 6.45) is 2.82. The maximum absolute atomic E-state index is 4.87. The zero-order chi connectivity index (χ0) is 14.1. The molecular weight excluding hydrogens is 278 g/mol. The van der Waals surface area contributed by atoms with E-state index in [2.05, 4.69) is 52.4 Å². The fourth-order valence-electron chi connectivity index (χ4n) is 2.63. The number of aromatic amines is 1. The summed E-state index contributed by atoms with van der Waals surface area (Å²) in [6, 6.07) is 17.1. The molecule has 1 aliphatic heterocycles. The molecule has 0 aliphatic carbocycles.